The Morgan fingerprint density at radius 2 is 2.10 bits per heavy atom. The summed E-state index contributed by atoms with van der Waals surface area (Å²) in [5.74, 6) is -0.236. The summed E-state index contributed by atoms with van der Waals surface area (Å²) in [6.45, 7) is 2.21. The first kappa shape index (κ1) is 15.7. The van der Waals surface area contributed by atoms with Crippen LogP contribution in [0.15, 0.2) is 6.33 Å². The monoisotopic (exact) mass is 294 g/mol. The molecule has 6 heteroatoms. The van der Waals surface area contributed by atoms with E-state index in [4.69, 9.17) is 0 Å². The second kappa shape index (κ2) is 7.90. The van der Waals surface area contributed by atoms with Crippen molar-refractivity contribution < 1.29 is 9.18 Å². The van der Waals surface area contributed by atoms with Gasteiger partial charge >= 0.3 is 0 Å². The Morgan fingerprint density at radius 1 is 1.33 bits per heavy atom. The van der Waals surface area contributed by atoms with Crippen LogP contribution in [-0.4, -0.2) is 28.5 Å². The van der Waals surface area contributed by atoms with Gasteiger partial charge in [0.25, 0.3) is 0 Å². The van der Waals surface area contributed by atoms with Crippen molar-refractivity contribution in [3.8, 4) is 0 Å². The normalized spacial score (nSPS) is 15.7. The largest absolute Gasteiger partial charge is 0.367 e. The first-order chi connectivity index (χ1) is 10.2. The fraction of sp³-hybridized carbons (Fsp3) is 0.667. The van der Waals surface area contributed by atoms with E-state index >= 15 is 0 Å². The number of aromatic nitrogens is 2. The number of anilines is 1. The van der Waals surface area contributed by atoms with Gasteiger partial charge in [0.1, 0.15) is 6.33 Å². The lowest BCUT2D eigenvalue weighted by Gasteiger charge is -2.22. The van der Waals surface area contributed by atoms with Crippen molar-refractivity contribution in [1.29, 1.82) is 0 Å². The van der Waals surface area contributed by atoms with E-state index in [0.717, 1.165) is 12.8 Å². The third kappa shape index (κ3) is 4.65. The molecule has 0 unspecified atom stereocenters. The molecule has 1 saturated carbocycles. The quantitative estimate of drug-likeness (QED) is 0.845. The van der Waals surface area contributed by atoms with Crippen LogP contribution in [0.5, 0.6) is 0 Å². The van der Waals surface area contributed by atoms with Crippen LogP contribution in [0.2, 0.25) is 0 Å². The topological polar surface area (TPSA) is 66.9 Å². The molecule has 0 bridgehead atoms. The number of hydrogen-bond acceptors (Lipinski definition) is 4. The highest BCUT2D eigenvalue weighted by Crippen LogP contribution is 2.17. The molecule has 0 spiro atoms. The minimum atomic E-state index is -0.423. The fourth-order valence-electron chi connectivity index (χ4n) is 2.62. The van der Waals surface area contributed by atoms with E-state index in [9.17, 15) is 9.18 Å². The van der Waals surface area contributed by atoms with E-state index < -0.39 is 5.82 Å². The van der Waals surface area contributed by atoms with Crippen LogP contribution in [-0.2, 0) is 11.2 Å². The Bertz CT molecular complexity index is 475. The second-order valence-corrected chi connectivity index (χ2v) is 5.42. The summed E-state index contributed by atoms with van der Waals surface area (Å²) in [5.41, 5.74) is 0.388. The maximum absolute atomic E-state index is 13.9. The number of amides is 1. The summed E-state index contributed by atoms with van der Waals surface area (Å²) in [5, 5.41) is 5.91. The molecule has 2 rings (SSSR count). The standard InChI is InChI=1S/C15H23FN4O/c1-2-12-14(16)15(19-10-18-12)17-9-8-13(21)20-11-6-4-3-5-7-11/h10-11H,2-9H2,1H3,(H,20,21)(H,17,18,19). The lowest BCUT2D eigenvalue weighted by atomic mass is 9.95. The van der Waals surface area contributed by atoms with Crippen molar-refractivity contribution in [2.24, 2.45) is 0 Å². The van der Waals surface area contributed by atoms with Crippen LogP contribution in [0.3, 0.4) is 0 Å². The van der Waals surface area contributed by atoms with Gasteiger partial charge in [-0.05, 0) is 19.3 Å². The number of carbonyl (C=O) groups excluding carboxylic acids is 1. The number of nitrogens with one attached hydrogen (secondary N) is 2. The van der Waals surface area contributed by atoms with Gasteiger partial charge in [-0.2, -0.15) is 0 Å². The van der Waals surface area contributed by atoms with Crippen LogP contribution >= 0.6 is 0 Å². The summed E-state index contributed by atoms with van der Waals surface area (Å²) < 4.78 is 13.9. The molecule has 1 aliphatic rings. The molecule has 5 nitrogen and oxygen atoms in total. The number of carbonyl (C=O) groups is 1. The maximum atomic E-state index is 13.9. The third-order valence-corrected chi connectivity index (χ3v) is 3.81. The molecule has 1 amide bonds. The molecule has 0 saturated heterocycles. The summed E-state index contributed by atoms with van der Waals surface area (Å²) in [4.78, 5) is 19.6. The van der Waals surface area contributed by atoms with Crippen molar-refractivity contribution >= 4 is 11.7 Å². The van der Waals surface area contributed by atoms with E-state index in [-0.39, 0.29) is 11.7 Å². The smallest absolute Gasteiger partial charge is 0.221 e. The molecule has 0 atom stereocenters. The molecule has 1 aromatic rings. The van der Waals surface area contributed by atoms with Crippen molar-refractivity contribution in [3.05, 3.63) is 17.8 Å². The molecule has 1 aromatic heterocycles. The Kier molecular flexibility index (Phi) is 5.90. The molecule has 0 aromatic carbocycles. The number of halogens is 1. The summed E-state index contributed by atoms with van der Waals surface area (Å²) >= 11 is 0. The molecule has 2 N–H and O–H groups in total. The Morgan fingerprint density at radius 3 is 2.81 bits per heavy atom. The minimum Gasteiger partial charge on any atom is -0.367 e. The average Bonchev–Trinajstić information content (AvgIpc) is 2.50. The first-order valence-electron chi connectivity index (χ1n) is 7.73. The summed E-state index contributed by atoms with van der Waals surface area (Å²) in [6, 6.07) is 0.314. The zero-order valence-electron chi connectivity index (χ0n) is 12.5. The zero-order chi connectivity index (χ0) is 15.1. The zero-order valence-corrected chi connectivity index (χ0v) is 12.5. The first-order valence-corrected chi connectivity index (χ1v) is 7.73. The van der Waals surface area contributed by atoms with E-state index in [1.165, 1.54) is 25.6 Å². The highest BCUT2D eigenvalue weighted by atomic mass is 19.1. The predicted octanol–water partition coefficient (Wildman–Crippen LogP) is 2.43. The van der Waals surface area contributed by atoms with Crippen LogP contribution in [0.1, 0.15) is 51.1 Å². The summed E-state index contributed by atoms with van der Waals surface area (Å²) in [6.07, 6.45) is 7.96. The van der Waals surface area contributed by atoms with Crippen molar-refractivity contribution in [1.82, 2.24) is 15.3 Å². The highest BCUT2D eigenvalue weighted by molar-refractivity contribution is 5.76. The highest BCUT2D eigenvalue weighted by Gasteiger charge is 2.15. The average molecular weight is 294 g/mol. The number of rotatable bonds is 6. The molecule has 1 fully saturated rings. The Labute approximate surface area is 124 Å². The predicted molar refractivity (Wildman–Crippen MR) is 79.5 cm³/mol. The fourth-order valence-corrected chi connectivity index (χ4v) is 2.62. The number of nitrogens with zero attached hydrogens (tertiary/aromatic N) is 2. The summed E-state index contributed by atoms with van der Waals surface area (Å²) in [7, 11) is 0. The van der Waals surface area contributed by atoms with Gasteiger partial charge < -0.3 is 10.6 Å². The lowest BCUT2D eigenvalue weighted by Crippen LogP contribution is -2.36. The van der Waals surface area contributed by atoms with Crippen molar-refractivity contribution in [2.45, 2.75) is 57.9 Å². The van der Waals surface area contributed by atoms with Gasteiger partial charge in [-0.1, -0.05) is 26.2 Å². The second-order valence-electron chi connectivity index (χ2n) is 5.42. The van der Waals surface area contributed by atoms with Crippen molar-refractivity contribution in [3.63, 3.8) is 0 Å². The van der Waals surface area contributed by atoms with E-state index in [2.05, 4.69) is 20.6 Å². The van der Waals surface area contributed by atoms with Gasteiger partial charge in [-0.25, -0.2) is 14.4 Å². The van der Waals surface area contributed by atoms with Gasteiger partial charge in [0.2, 0.25) is 5.91 Å². The Hall–Kier alpha value is -1.72. The van der Waals surface area contributed by atoms with E-state index in [0.29, 0.717) is 31.1 Å². The molecule has 0 radical (unpaired) electrons. The van der Waals surface area contributed by atoms with Gasteiger partial charge in [0.05, 0.1) is 5.69 Å². The molecular formula is C15H23FN4O. The van der Waals surface area contributed by atoms with Crippen LogP contribution in [0, 0.1) is 5.82 Å². The van der Waals surface area contributed by atoms with Crippen molar-refractivity contribution in [2.75, 3.05) is 11.9 Å². The molecule has 1 heterocycles. The van der Waals surface area contributed by atoms with Gasteiger partial charge in [-0.3, -0.25) is 4.79 Å². The SMILES string of the molecule is CCc1ncnc(NCCC(=O)NC2CCCCC2)c1F. The van der Waals surface area contributed by atoms with Crippen LogP contribution in [0.25, 0.3) is 0 Å². The van der Waals surface area contributed by atoms with E-state index in [1.54, 1.807) is 0 Å². The lowest BCUT2D eigenvalue weighted by molar-refractivity contribution is -0.121. The molecule has 21 heavy (non-hydrogen) atoms. The number of hydrogen-bond donors (Lipinski definition) is 2. The maximum Gasteiger partial charge on any atom is 0.221 e. The number of aryl methyl sites for hydroxylation is 1. The van der Waals surface area contributed by atoms with Crippen LogP contribution < -0.4 is 10.6 Å². The molecule has 0 aliphatic heterocycles. The molecule has 1 aliphatic carbocycles. The minimum absolute atomic E-state index is 0.0135. The molecular weight excluding hydrogens is 271 g/mol. The van der Waals surface area contributed by atoms with Crippen LogP contribution in [0.4, 0.5) is 10.2 Å². The third-order valence-electron chi connectivity index (χ3n) is 3.81. The van der Waals surface area contributed by atoms with Gasteiger partial charge in [0.15, 0.2) is 11.6 Å². The Balaban J connectivity index is 1.74. The molecule has 116 valence electrons. The van der Waals surface area contributed by atoms with Gasteiger partial charge in [0, 0.05) is 19.0 Å². The van der Waals surface area contributed by atoms with Gasteiger partial charge in [-0.15, -0.1) is 0 Å². The van der Waals surface area contributed by atoms with E-state index in [1.807, 2.05) is 6.92 Å².